The van der Waals surface area contributed by atoms with Crippen molar-refractivity contribution in [3.63, 3.8) is 0 Å². The Kier molecular flexibility index (Phi) is 7.65. The lowest BCUT2D eigenvalue weighted by molar-refractivity contribution is -0.121. The minimum Gasteiger partial charge on any atom is -0.343 e. The number of rotatable bonds is 7. The number of nitriles is 1. The van der Waals surface area contributed by atoms with Gasteiger partial charge in [-0.1, -0.05) is 13.8 Å². The lowest BCUT2D eigenvalue weighted by Gasteiger charge is -2.19. The summed E-state index contributed by atoms with van der Waals surface area (Å²) in [7, 11) is 0. The second kappa shape index (κ2) is 8.25. The minimum absolute atomic E-state index is 0.0424. The molecule has 0 aromatic carbocycles. The number of carbonyl (C=O) groups is 1. The van der Waals surface area contributed by atoms with Gasteiger partial charge in [-0.3, -0.25) is 4.79 Å². The predicted octanol–water partition coefficient (Wildman–Crippen LogP) is 1.03. The summed E-state index contributed by atoms with van der Waals surface area (Å²) in [4.78, 5) is 11.2. The average molecular weight is 211 g/mol. The van der Waals surface area contributed by atoms with E-state index in [2.05, 4.69) is 19.2 Å². The second-order valence-electron chi connectivity index (χ2n) is 4.05. The van der Waals surface area contributed by atoms with E-state index >= 15 is 0 Å². The number of nitrogens with zero attached hydrogens (tertiary/aromatic N) is 1. The standard InChI is InChI=1S/C11H21N3O/c1-9(2)10(5-6-12)3-4-11(15)14-8-7-13/h9-10H,3-6,8,12H2,1-2H3,(H,14,15). The molecule has 1 amide bonds. The van der Waals surface area contributed by atoms with Crippen molar-refractivity contribution in [3.8, 4) is 6.07 Å². The molecule has 3 N–H and O–H groups in total. The molecule has 15 heavy (non-hydrogen) atoms. The molecule has 0 rings (SSSR count). The first kappa shape index (κ1) is 13.9. The smallest absolute Gasteiger partial charge is 0.220 e. The van der Waals surface area contributed by atoms with E-state index in [-0.39, 0.29) is 12.5 Å². The lowest BCUT2D eigenvalue weighted by atomic mass is 9.88. The van der Waals surface area contributed by atoms with Crippen LogP contribution in [0.5, 0.6) is 0 Å². The molecule has 1 atom stereocenters. The highest BCUT2D eigenvalue weighted by Gasteiger charge is 2.13. The van der Waals surface area contributed by atoms with E-state index in [0.29, 0.717) is 24.8 Å². The van der Waals surface area contributed by atoms with Gasteiger partial charge in [0.05, 0.1) is 6.07 Å². The first-order valence-electron chi connectivity index (χ1n) is 5.45. The zero-order valence-electron chi connectivity index (χ0n) is 9.62. The highest BCUT2D eigenvalue weighted by Crippen LogP contribution is 2.20. The van der Waals surface area contributed by atoms with Crippen molar-refractivity contribution in [1.82, 2.24) is 5.32 Å². The molecule has 0 saturated carbocycles. The van der Waals surface area contributed by atoms with Gasteiger partial charge in [0.2, 0.25) is 5.91 Å². The zero-order chi connectivity index (χ0) is 11.7. The van der Waals surface area contributed by atoms with Gasteiger partial charge in [-0.05, 0) is 31.2 Å². The summed E-state index contributed by atoms with van der Waals surface area (Å²) in [5, 5.41) is 10.8. The summed E-state index contributed by atoms with van der Waals surface area (Å²) >= 11 is 0. The van der Waals surface area contributed by atoms with Crippen LogP contribution in [-0.4, -0.2) is 19.0 Å². The summed E-state index contributed by atoms with van der Waals surface area (Å²) in [6.45, 7) is 5.06. The number of amides is 1. The second-order valence-corrected chi connectivity index (χ2v) is 4.05. The summed E-state index contributed by atoms with van der Waals surface area (Å²) in [5.41, 5.74) is 5.51. The third kappa shape index (κ3) is 6.92. The molecule has 4 nitrogen and oxygen atoms in total. The van der Waals surface area contributed by atoms with E-state index in [1.165, 1.54) is 0 Å². The van der Waals surface area contributed by atoms with Crippen LogP contribution in [0, 0.1) is 23.2 Å². The first-order chi connectivity index (χ1) is 7.11. The molecule has 0 saturated heterocycles. The number of hydrogen-bond acceptors (Lipinski definition) is 3. The highest BCUT2D eigenvalue weighted by molar-refractivity contribution is 5.76. The van der Waals surface area contributed by atoms with Gasteiger partial charge in [-0.2, -0.15) is 5.26 Å². The van der Waals surface area contributed by atoms with Crippen LogP contribution in [0.1, 0.15) is 33.1 Å². The molecule has 1 unspecified atom stereocenters. The molecule has 0 spiro atoms. The van der Waals surface area contributed by atoms with Crippen molar-refractivity contribution in [2.24, 2.45) is 17.6 Å². The molecule has 0 aromatic heterocycles. The Morgan fingerprint density at radius 3 is 2.60 bits per heavy atom. The van der Waals surface area contributed by atoms with Crippen LogP contribution < -0.4 is 11.1 Å². The Morgan fingerprint density at radius 1 is 1.47 bits per heavy atom. The van der Waals surface area contributed by atoms with Crippen LogP contribution in [0.3, 0.4) is 0 Å². The molecule has 0 aliphatic rings. The van der Waals surface area contributed by atoms with Gasteiger partial charge in [-0.25, -0.2) is 0 Å². The molecule has 0 bridgehead atoms. The van der Waals surface area contributed by atoms with E-state index < -0.39 is 0 Å². The molecular formula is C11H21N3O. The van der Waals surface area contributed by atoms with Crippen molar-refractivity contribution in [3.05, 3.63) is 0 Å². The number of carbonyl (C=O) groups excluding carboxylic acids is 1. The molecule has 0 radical (unpaired) electrons. The van der Waals surface area contributed by atoms with Gasteiger partial charge in [0.1, 0.15) is 6.54 Å². The Hall–Kier alpha value is -1.08. The number of nitrogens with two attached hydrogens (primary N) is 1. The van der Waals surface area contributed by atoms with E-state index in [1.54, 1.807) is 0 Å². The average Bonchev–Trinajstić information content (AvgIpc) is 2.20. The maximum absolute atomic E-state index is 11.2. The largest absolute Gasteiger partial charge is 0.343 e. The topological polar surface area (TPSA) is 78.9 Å². The molecule has 86 valence electrons. The summed E-state index contributed by atoms with van der Waals surface area (Å²) < 4.78 is 0. The molecular weight excluding hydrogens is 190 g/mol. The molecule has 0 aromatic rings. The van der Waals surface area contributed by atoms with Crippen LogP contribution in [0.25, 0.3) is 0 Å². The lowest BCUT2D eigenvalue weighted by Crippen LogP contribution is -2.25. The Morgan fingerprint density at radius 2 is 2.13 bits per heavy atom. The summed E-state index contributed by atoms with van der Waals surface area (Å²) in [6.07, 6.45) is 2.31. The SMILES string of the molecule is CC(C)C(CCN)CCC(=O)NCC#N. The molecule has 4 heteroatoms. The van der Waals surface area contributed by atoms with Gasteiger partial charge >= 0.3 is 0 Å². The first-order valence-corrected chi connectivity index (χ1v) is 5.45. The van der Waals surface area contributed by atoms with E-state index in [1.807, 2.05) is 6.07 Å². The maximum Gasteiger partial charge on any atom is 0.220 e. The van der Waals surface area contributed by atoms with Gasteiger partial charge in [0, 0.05) is 6.42 Å². The van der Waals surface area contributed by atoms with Crippen LogP contribution >= 0.6 is 0 Å². The summed E-state index contributed by atoms with van der Waals surface area (Å²) in [5.74, 6) is 1.01. The molecule has 0 aliphatic heterocycles. The summed E-state index contributed by atoms with van der Waals surface area (Å²) in [6, 6.07) is 1.88. The monoisotopic (exact) mass is 211 g/mol. The van der Waals surface area contributed by atoms with E-state index in [4.69, 9.17) is 11.0 Å². The van der Waals surface area contributed by atoms with Crippen molar-refractivity contribution in [1.29, 1.82) is 5.26 Å². The van der Waals surface area contributed by atoms with Crippen molar-refractivity contribution in [2.75, 3.05) is 13.1 Å². The van der Waals surface area contributed by atoms with E-state index in [0.717, 1.165) is 12.8 Å². The van der Waals surface area contributed by atoms with Crippen molar-refractivity contribution in [2.45, 2.75) is 33.1 Å². The molecule has 0 fully saturated rings. The normalized spacial score (nSPS) is 12.2. The quantitative estimate of drug-likeness (QED) is 0.617. The molecule has 0 aliphatic carbocycles. The fourth-order valence-electron chi connectivity index (χ4n) is 1.57. The number of nitrogens with one attached hydrogen (secondary N) is 1. The third-order valence-corrected chi connectivity index (χ3v) is 2.59. The third-order valence-electron chi connectivity index (χ3n) is 2.59. The van der Waals surface area contributed by atoms with Crippen LogP contribution in [0.15, 0.2) is 0 Å². The van der Waals surface area contributed by atoms with Gasteiger partial charge in [0.25, 0.3) is 0 Å². The minimum atomic E-state index is -0.0424. The van der Waals surface area contributed by atoms with Crippen LogP contribution in [-0.2, 0) is 4.79 Å². The van der Waals surface area contributed by atoms with Crippen LogP contribution in [0.2, 0.25) is 0 Å². The van der Waals surface area contributed by atoms with Gasteiger partial charge < -0.3 is 11.1 Å². The Balaban J connectivity index is 3.79. The zero-order valence-corrected chi connectivity index (χ0v) is 9.62. The Bertz CT molecular complexity index is 220. The predicted molar refractivity (Wildman–Crippen MR) is 59.9 cm³/mol. The van der Waals surface area contributed by atoms with Gasteiger partial charge in [0.15, 0.2) is 0 Å². The maximum atomic E-state index is 11.2. The van der Waals surface area contributed by atoms with Gasteiger partial charge in [-0.15, -0.1) is 0 Å². The van der Waals surface area contributed by atoms with Crippen molar-refractivity contribution >= 4 is 5.91 Å². The number of hydrogen-bond donors (Lipinski definition) is 2. The van der Waals surface area contributed by atoms with Crippen LogP contribution in [0.4, 0.5) is 0 Å². The van der Waals surface area contributed by atoms with E-state index in [9.17, 15) is 4.79 Å². The molecule has 0 heterocycles. The van der Waals surface area contributed by atoms with Crippen molar-refractivity contribution < 1.29 is 4.79 Å². The fourth-order valence-corrected chi connectivity index (χ4v) is 1.57. The fraction of sp³-hybridized carbons (Fsp3) is 0.818. The Labute approximate surface area is 91.8 Å². The highest BCUT2D eigenvalue weighted by atomic mass is 16.1.